The Balaban J connectivity index is 1.72. The molecule has 0 bridgehead atoms. The first-order chi connectivity index (χ1) is 12.7. The van der Waals surface area contributed by atoms with Crippen molar-refractivity contribution in [2.45, 2.75) is 19.3 Å². The van der Waals surface area contributed by atoms with Gasteiger partial charge in [0.1, 0.15) is 11.9 Å². The number of carbonyl (C=O) groups is 1. The first-order valence-corrected chi connectivity index (χ1v) is 8.16. The minimum Gasteiger partial charge on any atom is -0.465 e. The van der Waals surface area contributed by atoms with Gasteiger partial charge in [0.2, 0.25) is 0 Å². The molecule has 1 atom stereocenters. The van der Waals surface area contributed by atoms with Gasteiger partial charge < -0.3 is 14.0 Å². The van der Waals surface area contributed by atoms with Crippen LogP contribution in [0.3, 0.4) is 0 Å². The summed E-state index contributed by atoms with van der Waals surface area (Å²) in [7, 11) is 1.35. The molecule has 3 rings (SSSR count). The van der Waals surface area contributed by atoms with Gasteiger partial charge in [-0.2, -0.15) is 0 Å². The fourth-order valence-electron chi connectivity index (χ4n) is 2.60. The number of hydrogen-bond acceptors (Lipinski definition) is 4. The van der Waals surface area contributed by atoms with Crippen molar-refractivity contribution in [3.05, 3.63) is 89.8 Å². The third-order valence-electron chi connectivity index (χ3n) is 3.98. The van der Waals surface area contributed by atoms with Crippen molar-refractivity contribution in [3.8, 4) is 0 Å². The van der Waals surface area contributed by atoms with E-state index in [-0.39, 0.29) is 17.9 Å². The van der Waals surface area contributed by atoms with Gasteiger partial charge in [0.15, 0.2) is 0 Å². The van der Waals surface area contributed by atoms with Gasteiger partial charge >= 0.3 is 5.97 Å². The van der Waals surface area contributed by atoms with Crippen molar-refractivity contribution in [2.75, 3.05) is 7.11 Å². The van der Waals surface area contributed by atoms with E-state index >= 15 is 0 Å². The van der Waals surface area contributed by atoms with E-state index in [0.717, 1.165) is 11.1 Å². The average Bonchev–Trinajstić information content (AvgIpc) is 3.18. The first-order valence-electron chi connectivity index (χ1n) is 8.16. The standard InChI is InChI=1S/C20H19FN2O3/c1-25-20(24)16-7-5-15(6-8-16)13-26-19(12-23-10-9-22-14-23)17-3-2-4-18(21)11-17/h2-11,14,19H,12-13H2,1H3. The molecule has 0 amide bonds. The van der Waals surface area contributed by atoms with Crippen LogP contribution in [-0.2, 0) is 22.6 Å². The van der Waals surface area contributed by atoms with E-state index in [1.54, 1.807) is 30.7 Å². The third kappa shape index (κ3) is 4.55. The number of carbonyl (C=O) groups excluding carboxylic acids is 1. The molecule has 26 heavy (non-hydrogen) atoms. The van der Waals surface area contributed by atoms with Crippen molar-refractivity contribution in [2.24, 2.45) is 0 Å². The van der Waals surface area contributed by atoms with E-state index in [1.165, 1.54) is 19.2 Å². The highest BCUT2D eigenvalue weighted by atomic mass is 19.1. The predicted molar refractivity (Wildman–Crippen MR) is 93.9 cm³/mol. The van der Waals surface area contributed by atoms with Crippen molar-refractivity contribution in [1.29, 1.82) is 0 Å². The molecule has 1 aromatic heterocycles. The Bertz CT molecular complexity index is 848. The van der Waals surface area contributed by atoms with Crippen LogP contribution < -0.4 is 0 Å². The van der Waals surface area contributed by atoms with Crippen LogP contribution in [0, 0.1) is 5.82 Å². The highest BCUT2D eigenvalue weighted by Gasteiger charge is 2.14. The number of ether oxygens (including phenoxy) is 2. The summed E-state index contributed by atoms with van der Waals surface area (Å²) in [4.78, 5) is 15.5. The van der Waals surface area contributed by atoms with Crippen molar-refractivity contribution in [1.82, 2.24) is 9.55 Å². The highest BCUT2D eigenvalue weighted by Crippen LogP contribution is 2.22. The smallest absolute Gasteiger partial charge is 0.337 e. The average molecular weight is 354 g/mol. The molecule has 6 heteroatoms. The number of benzene rings is 2. The molecule has 0 saturated heterocycles. The topological polar surface area (TPSA) is 53.4 Å². The normalized spacial score (nSPS) is 11.9. The Morgan fingerprint density at radius 2 is 2.04 bits per heavy atom. The van der Waals surface area contributed by atoms with Crippen molar-refractivity contribution < 1.29 is 18.7 Å². The van der Waals surface area contributed by atoms with Gasteiger partial charge in [0.05, 0.1) is 32.2 Å². The van der Waals surface area contributed by atoms with Crippen LogP contribution in [0.2, 0.25) is 0 Å². The van der Waals surface area contributed by atoms with Crippen LogP contribution in [0.25, 0.3) is 0 Å². The highest BCUT2D eigenvalue weighted by molar-refractivity contribution is 5.89. The zero-order valence-corrected chi connectivity index (χ0v) is 14.3. The summed E-state index contributed by atoms with van der Waals surface area (Å²) in [6.45, 7) is 0.848. The summed E-state index contributed by atoms with van der Waals surface area (Å²) in [5, 5.41) is 0. The minimum atomic E-state index is -0.379. The van der Waals surface area contributed by atoms with Gasteiger partial charge in [-0.3, -0.25) is 0 Å². The van der Waals surface area contributed by atoms with Crippen LogP contribution in [0.15, 0.2) is 67.3 Å². The number of aromatic nitrogens is 2. The van der Waals surface area contributed by atoms with E-state index < -0.39 is 0 Å². The Labute approximate surface area is 151 Å². The largest absolute Gasteiger partial charge is 0.465 e. The van der Waals surface area contributed by atoms with Gasteiger partial charge in [-0.15, -0.1) is 0 Å². The lowest BCUT2D eigenvalue weighted by Gasteiger charge is -2.19. The molecule has 0 aliphatic carbocycles. The van der Waals surface area contributed by atoms with Crippen molar-refractivity contribution in [3.63, 3.8) is 0 Å². The molecule has 0 aliphatic rings. The van der Waals surface area contributed by atoms with Gasteiger partial charge in [-0.1, -0.05) is 24.3 Å². The lowest BCUT2D eigenvalue weighted by atomic mass is 10.1. The zero-order chi connectivity index (χ0) is 18.4. The van der Waals surface area contributed by atoms with Gasteiger partial charge in [0.25, 0.3) is 0 Å². The van der Waals surface area contributed by atoms with Crippen LogP contribution in [0.5, 0.6) is 0 Å². The molecular formula is C20H19FN2O3. The van der Waals surface area contributed by atoms with Gasteiger partial charge in [-0.05, 0) is 35.4 Å². The number of hydrogen-bond donors (Lipinski definition) is 0. The number of imidazole rings is 1. The van der Waals surface area contributed by atoms with Crippen LogP contribution >= 0.6 is 0 Å². The summed E-state index contributed by atoms with van der Waals surface area (Å²) in [6.07, 6.45) is 4.88. The predicted octanol–water partition coefficient (Wildman–Crippen LogP) is 3.77. The van der Waals surface area contributed by atoms with E-state index in [4.69, 9.17) is 4.74 Å². The number of methoxy groups -OCH3 is 1. The quantitative estimate of drug-likeness (QED) is 0.606. The summed E-state index contributed by atoms with van der Waals surface area (Å²) < 4.78 is 26.2. The molecule has 0 fully saturated rings. The maximum absolute atomic E-state index is 13.6. The van der Waals surface area contributed by atoms with Gasteiger partial charge in [0, 0.05) is 12.4 Å². The maximum atomic E-state index is 13.6. The molecule has 0 aliphatic heterocycles. The van der Waals surface area contributed by atoms with E-state index in [2.05, 4.69) is 9.72 Å². The molecule has 0 spiro atoms. The Morgan fingerprint density at radius 3 is 2.69 bits per heavy atom. The summed E-state index contributed by atoms with van der Waals surface area (Å²) in [6, 6.07) is 13.4. The van der Waals surface area contributed by atoms with E-state index in [1.807, 2.05) is 29.0 Å². The summed E-state index contributed by atoms with van der Waals surface area (Å²) in [5.41, 5.74) is 2.14. The van der Waals surface area contributed by atoms with Crippen LogP contribution in [-0.4, -0.2) is 22.6 Å². The SMILES string of the molecule is COC(=O)c1ccc(COC(Cn2ccnc2)c2cccc(F)c2)cc1. The number of nitrogens with zero attached hydrogens (tertiary/aromatic N) is 2. The molecule has 0 radical (unpaired) electrons. The van der Waals surface area contributed by atoms with Crippen LogP contribution in [0.4, 0.5) is 4.39 Å². The Hall–Kier alpha value is -2.99. The van der Waals surface area contributed by atoms with Crippen LogP contribution in [0.1, 0.15) is 27.6 Å². The second kappa shape index (κ2) is 8.40. The lowest BCUT2D eigenvalue weighted by molar-refractivity contribution is 0.0277. The fourth-order valence-corrected chi connectivity index (χ4v) is 2.60. The van der Waals surface area contributed by atoms with Crippen molar-refractivity contribution >= 4 is 5.97 Å². The number of rotatable bonds is 7. The first kappa shape index (κ1) is 17.8. The van der Waals surface area contributed by atoms with E-state index in [0.29, 0.717) is 18.7 Å². The molecule has 0 N–H and O–H groups in total. The Morgan fingerprint density at radius 1 is 1.23 bits per heavy atom. The summed E-state index contributed by atoms with van der Waals surface area (Å²) in [5.74, 6) is -0.681. The molecule has 2 aromatic carbocycles. The fraction of sp³-hybridized carbons (Fsp3) is 0.200. The monoisotopic (exact) mass is 354 g/mol. The molecular weight excluding hydrogens is 335 g/mol. The Kier molecular flexibility index (Phi) is 5.76. The molecule has 1 heterocycles. The lowest BCUT2D eigenvalue weighted by Crippen LogP contribution is -2.12. The second-order valence-corrected chi connectivity index (χ2v) is 5.80. The summed E-state index contributed by atoms with van der Waals surface area (Å²) >= 11 is 0. The molecule has 3 aromatic rings. The molecule has 1 unspecified atom stereocenters. The number of esters is 1. The number of halogens is 1. The molecule has 0 saturated carbocycles. The second-order valence-electron chi connectivity index (χ2n) is 5.80. The van der Waals surface area contributed by atoms with E-state index in [9.17, 15) is 9.18 Å². The van der Waals surface area contributed by atoms with Gasteiger partial charge in [-0.25, -0.2) is 14.2 Å². The molecule has 134 valence electrons. The third-order valence-corrected chi connectivity index (χ3v) is 3.98. The molecule has 5 nitrogen and oxygen atoms in total. The maximum Gasteiger partial charge on any atom is 0.337 e. The minimum absolute atomic E-state index is 0.302. The zero-order valence-electron chi connectivity index (χ0n) is 14.3.